The van der Waals surface area contributed by atoms with Gasteiger partial charge in [0.1, 0.15) is 16.7 Å². The second kappa shape index (κ2) is 8.66. The van der Waals surface area contributed by atoms with Crippen molar-refractivity contribution in [3.8, 4) is 5.75 Å². The van der Waals surface area contributed by atoms with Crippen molar-refractivity contribution in [3.05, 3.63) is 53.9 Å². The number of ether oxygens (including phenoxy) is 1. The van der Waals surface area contributed by atoms with Gasteiger partial charge in [-0.1, -0.05) is 11.6 Å². The van der Waals surface area contributed by atoms with E-state index in [1.165, 1.54) is 0 Å². The third-order valence-corrected chi connectivity index (χ3v) is 5.33. The average molecular weight is 411 g/mol. The Morgan fingerprint density at radius 2 is 1.93 bits per heavy atom. The van der Waals surface area contributed by atoms with Crippen molar-refractivity contribution in [1.29, 1.82) is 0 Å². The van der Waals surface area contributed by atoms with E-state index in [9.17, 15) is 4.79 Å². The molecule has 4 rings (SSSR count). The molecule has 2 N–H and O–H groups in total. The molecular formula is C22H23ClN4O2. The normalized spacial score (nSPS) is 19.0. The monoisotopic (exact) mass is 410 g/mol. The van der Waals surface area contributed by atoms with Crippen molar-refractivity contribution in [2.75, 3.05) is 5.32 Å². The van der Waals surface area contributed by atoms with E-state index in [0.717, 1.165) is 53.7 Å². The van der Waals surface area contributed by atoms with Crippen molar-refractivity contribution in [3.63, 3.8) is 0 Å². The van der Waals surface area contributed by atoms with Crippen LogP contribution in [0.15, 0.2) is 48.8 Å². The third kappa shape index (κ3) is 4.95. The Kier molecular flexibility index (Phi) is 5.81. The molecule has 1 saturated carbocycles. The van der Waals surface area contributed by atoms with Gasteiger partial charge in [0.25, 0.3) is 0 Å². The number of nitrogens with zero attached hydrogens (tertiary/aromatic N) is 2. The van der Waals surface area contributed by atoms with Gasteiger partial charge in [-0.2, -0.15) is 0 Å². The highest BCUT2D eigenvalue weighted by Gasteiger charge is 2.23. The van der Waals surface area contributed by atoms with Crippen molar-refractivity contribution in [2.45, 2.75) is 44.8 Å². The molecule has 2 aromatic heterocycles. The van der Waals surface area contributed by atoms with E-state index in [1.807, 2.05) is 30.3 Å². The van der Waals surface area contributed by atoms with Crippen LogP contribution in [0.25, 0.3) is 10.8 Å². The first kappa shape index (κ1) is 19.5. The lowest BCUT2D eigenvalue weighted by atomic mass is 9.93. The highest BCUT2D eigenvalue weighted by Crippen LogP contribution is 2.30. The number of anilines is 2. The fraction of sp³-hybridized carbons (Fsp3) is 0.318. The molecule has 3 aromatic rings. The first-order chi connectivity index (χ1) is 14.1. The molecule has 2 heterocycles. The van der Waals surface area contributed by atoms with Gasteiger partial charge in [-0.15, -0.1) is 0 Å². The van der Waals surface area contributed by atoms with Gasteiger partial charge in [0.15, 0.2) is 0 Å². The highest BCUT2D eigenvalue weighted by molar-refractivity contribution is 6.29. The first-order valence-corrected chi connectivity index (χ1v) is 10.2. The number of nitrogens with one attached hydrogen (secondary N) is 2. The number of fused-ring (bicyclic) bond motifs is 1. The van der Waals surface area contributed by atoms with Crippen LogP contribution in [0.1, 0.15) is 32.6 Å². The Labute approximate surface area is 174 Å². The fourth-order valence-corrected chi connectivity index (χ4v) is 3.83. The van der Waals surface area contributed by atoms with Gasteiger partial charge in [0.05, 0.1) is 18.0 Å². The number of pyridine rings is 2. The van der Waals surface area contributed by atoms with E-state index in [0.29, 0.717) is 5.15 Å². The lowest BCUT2D eigenvalue weighted by Crippen LogP contribution is -2.38. The molecule has 7 heteroatoms. The number of carbonyl (C=O) groups excluding carboxylic acids is 1. The van der Waals surface area contributed by atoms with Gasteiger partial charge in [-0.25, -0.2) is 9.97 Å². The van der Waals surface area contributed by atoms with Crippen LogP contribution in [0.4, 0.5) is 11.5 Å². The van der Waals surface area contributed by atoms with E-state index in [1.54, 1.807) is 25.4 Å². The van der Waals surface area contributed by atoms with Crippen LogP contribution in [0, 0.1) is 0 Å². The summed E-state index contributed by atoms with van der Waals surface area (Å²) in [5.74, 6) is 1.65. The van der Waals surface area contributed by atoms with Gasteiger partial charge in [0.2, 0.25) is 5.91 Å². The zero-order valence-electron chi connectivity index (χ0n) is 16.2. The van der Waals surface area contributed by atoms with Crippen LogP contribution in [-0.4, -0.2) is 28.0 Å². The molecule has 0 unspecified atom stereocenters. The Bertz CT molecular complexity index is 1000. The Hall–Kier alpha value is -2.86. The van der Waals surface area contributed by atoms with Crippen LogP contribution in [0.3, 0.4) is 0 Å². The van der Waals surface area contributed by atoms with Crippen LogP contribution >= 0.6 is 11.6 Å². The van der Waals surface area contributed by atoms with E-state index < -0.39 is 0 Å². The minimum absolute atomic E-state index is 0.0382. The van der Waals surface area contributed by atoms with Gasteiger partial charge in [-0.05, 0) is 67.5 Å². The second-order valence-corrected chi connectivity index (χ2v) is 7.72. The number of aromatic nitrogens is 2. The maximum atomic E-state index is 11.2. The Morgan fingerprint density at radius 1 is 1.10 bits per heavy atom. The summed E-state index contributed by atoms with van der Waals surface area (Å²) in [6.07, 6.45) is 7.41. The number of halogens is 1. The fourth-order valence-electron chi connectivity index (χ4n) is 3.72. The van der Waals surface area contributed by atoms with Crippen molar-refractivity contribution < 1.29 is 9.53 Å². The van der Waals surface area contributed by atoms with E-state index in [4.69, 9.17) is 16.3 Å². The summed E-state index contributed by atoms with van der Waals surface area (Å²) in [6.45, 7) is 1.57. The van der Waals surface area contributed by atoms with Gasteiger partial charge >= 0.3 is 0 Å². The topological polar surface area (TPSA) is 76.1 Å². The Morgan fingerprint density at radius 3 is 2.66 bits per heavy atom. The molecule has 1 fully saturated rings. The maximum absolute atomic E-state index is 11.2. The van der Waals surface area contributed by atoms with Crippen LogP contribution in [0.5, 0.6) is 5.75 Å². The molecule has 0 radical (unpaired) electrons. The minimum atomic E-state index is 0.0382. The molecule has 6 nitrogen and oxygen atoms in total. The molecule has 0 atom stereocenters. The number of amides is 1. The summed E-state index contributed by atoms with van der Waals surface area (Å²) in [4.78, 5) is 19.7. The Balaban J connectivity index is 1.45. The highest BCUT2D eigenvalue weighted by atomic mass is 35.5. The molecule has 29 heavy (non-hydrogen) atoms. The average Bonchev–Trinajstić information content (AvgIpc) is 2.71. The summed E-state index contributed by atoms with van der Waals surface area (Å²) >= 11 is 5.85. The molecule has 150 valence electrons. The molecule has 0 bridgehead atoms. The predicted octanol–water partition coefficient (Wildman–Crippen LogP) is 4.85. The standard InChI is InChI=1S/C22H23ClN4O2/c1-14(28)26-16-2-5-18(6-3-16)29-19-7-8-20-15(12-19)10-11-24-22(20)27-17-4-9-21(23)25-13-17/h4,7-13,16,18H,2-3,5-6H2,1H3,(H,24,27)(H,26,28)/t16-,18+. The molecule has 1 aliphatic rings. The maximum Gasteiger partial charge on any atom is 0.217 e. The first-order valence-electron chi connectivity index (χ1n) is 9.78. The van der Waals surface area contributed by atoms with Gasteiger partial charge in [-0.3, -0.25) is 4.79 Å². The lowest BCUT2D eigenvalue weighted by molar-refractivity contribution is -0.120. The quantitative estimate of drug-likeness (QED) is 0.588. The van der Waals surface area contributed by atoms with Crippen molar-refractivity contribution >= 4 is 39.8 Å². The van der Waals surface area contributed by atoms with Crippen LogP contribution < -0.4 is 15.4 Å². The molecule has 1 amide bonds. The lowest BCUT2D eigenvalue weighted by Gasteiger charge is -2.29. The SMILES string of the molecule is CC(=O)N[C@H]1CC[C@@H](Oc2ccc3c(Nc4ccc(Cl)nc4)nccc3c2)CC1. The van der Waals surface area contributed by atoms with Crippen molar-refractivity contribution in [1.82, 2.24) is 15.3 Å². The smallest absolute Gasteiger partial charge is 0.217 e. The summed E-state index contributed by atoms with van der Waals surface area (Å²) in [5.41, 5.74) is 0.825. The van der Waals surface area contributed by atoms with E-state index >= 15 is 0 Å². The molecule has 1 aromatic carbocycles. The van der Waals surface area contributed by atoms with E-state index in [2.05, 4.69) is 20.6 Å². The minimum Gasteiger partial charge on any atom is -0.490 e. The third-order valence-electron chi connectivity index (χ3n) is 5.11. The molecule has 0 spiro atoms. The summed E-state index contributed by atoms with van der Waals surface area (Å²) < 4.78 is 6.21. The number of hydrogen-bond acceptors (Lipinski definition) is 5. The van der Waals surface area contributed by atoms with Crippen LogP contribution in [-0.2, 0) is 4.79 Å². The van der Waals surface area contributed by atoms with Crippen LogP contribution in [0.2, 0.25) is 5.15 Å². The van der Waals surface area contributed by atoms with Gasteiger partial charge < -0.3 is 15.4 Å². The van der Waals surface area contributed by atoms with Crippen molar-refractivity contribution in [2.24, 2.45) is 0 Å². The number of carbonyl (C=O) groups is 1. The number of hydrogen-bond donors (Lipinski definition) is 2. The molecule has 1 aliphatic carbocycles. The molecule has 0 aliphatic heterocycles. The zero-order chi connectivity index (χ0) is 20.2. The molecule has 0 saturated heterocycles. The largest absolute Gasteiger partial charge is 0.490 e. The number of benzene rings is 1. The molecular weight excluding hydrogens is 388 g/mol. The predicted molar refractivity (Wildman–Crippen MR) is 115 cm³/mol. The number of rotatable bonds is 5. The summed E-state index contributed by atoms with van der Waals surface area (Å²) in [7, 11) is 0. The van der Waals surface area contributed by atoms with Gasteiger partial charge in [0, 0.05) is 24.5 Å². The summed E-state index contributed by atoms with van der Waals surface area (Å²) in [5, 5.41) is 8.79. The zero-order valence-corrected chi connectivity index (χ0v) is 16.9. The second-order valence-electron chi connectivity index (χ2n) is 7.33. The van der Waals surface area contributed by atoms with E-state index in [-0.39, 0.29) is 18.1 Å². The summed E-state index contributed by atoms with van der Waals surface area (Å²) in [6, 6.07) is 11.9.